The highest BCUT2D eigenvalue weighted by atomic mass is 35.5. The molecule has 4 rings (SSSR count). The largest absolute Gasteiger partial charge is 0.449 e. The van der Waals surface area contributed by atoms with Crippen LogP contribution in [0.4, 0.5) is 9.18 Å². The summed E-state index contributed by atoms with van der Waals surface area (Å²) in [4.78, 5) is 57.1. The third kappa shape index (κ3) is 5.73. The first-order valence-electron chi connectivity index (χ1n) is 13.0. The Morgan fingerprint density at radius 2 is 1.70 bits per heavy atom. The molecular weight excluding hydrogens is 539 g/mol. The Labute approximate surface area is 237 Å². The van der Waals surface area contributed by atoms with Crippen molar-refractivity contribution in [1.29, 1.82) is 0 Å². The van der Waals surface area contributed by atoms with Gasteiger partial charge in [0.15, 0.2) is 0 Å². The van der Waals surface area contributed by atoms with E-state index in [9.17, 15) is 23.6 Å². The molecule has 0 radical (unpaired) electrons. The number of halogens is 2. The Morgan fingerprint density at radius 1 is 1.02 bits per heavy atom. The molecule has 1 aliphatic heterocycles. The summed E-state index contributed by atoms with van der Waals surface area (Å²) in [5.74, 6) is -2.21. The zero-order chi connectivity index (χ0) is 29.3. The molecule has 1 saturated heterocycles. The number of carbonyl (C=O) groups is 4. The Morgan fingerprint density at radius 3 is 2.33 bits per heavy atom. The molecular formula is C29H32ClFN4O5. The maximum absolute atomic E-state index is 13.8. The van der Waals surface area contributed by atoms with Gasteiger partial charge in [-0.1, -0.05) is 23.7 Å². The quantitative estimate of drug-likeness (QED) is 0.321. The highest BCUT2D eigenvalue weighted by Gasteiger charge is 2.34. The second kappa shape index (κ2) is 11.8. The van der Waals surface area contributed by atoms with E-state index in [4.69, 9.17) is 16.3 Å². The Balaban J connectivity index is 1.67. The van der Waals surface area contributed by atoms with E-state index >= 15 is 0 Å². The van der Waals surface area contributed by atoms with E-state index in [1.807, 2.05) is 13.8 Å². The van der Waals surface area contributed by atoms with Gasteiger partial charge < -0.3 is 14.5 Å². The predicted octanol–water partition coefficient (Wildman–Crippen LogP) is 4.44. The molecule has 2 aromatic carbocycles. The number of ether oxygens (including phenoxy) is 1. The van der Waals surface area contributed by atoms with Crippen LogP contribution in [0.2, 0.25) is 5.02 Å². The lowest BCUT2D eigenvalue weighted by Gasteiger charge is -2.44. The lowest BCUT2D eigenvalue weighted by Crippen LogP contribution is -2.57. The van der Waals surface area contributed by atoms with E-state index in [0.29, 0.717) is 19.6 Å². The number of ketones is 1. The molecule has 1 fully saturated rings. The summed E-state index contributed by atoms with van der Waals surface area (Å²) in [5.41, 5.74) is 1.36. The van der Waals surface area contributed by atoms with Crippen LogP contribution in [0.15, 0.2) is 42.6 Å². The third-order valence-corrected chi connectivity index (χ3v) is 7.42. The molecule has 11 heteroatoms. The molecule has 0 N–H and O–H groups in total. The Kier molecular flexibility index (Phi) is 8.60. The molecule has 9 nitrogen and oxygen atoms in total. The predicted molar refractivity (Wildman–Crippen MR) is 149 cm³/mol. The van der Waals surface area contributed by atoms with E-state index in [1.54, 1.807) is 24.0 Å². The number of piperazine rings is 1. The van der Waals surface area contributed by atoms with Crippen LogP contribution in [-0.2, 0) is 16.1 Å². The molecule has 2 amide bonds. The number of hydrogen-bond donors (Lipinski definition) is 0. The van der Waals surface area contributed by atoms with Gasteiger partial charge in [-0.2, -0.15) is 0 Å². The lowest BCUT2D eigenvalue weighted by atomic mass is 10.0. The van der Waals surface area contributed by atoms with Gasteiger partial charge in [0.05, 0.1) is 28.3 Å². The SMILES string of the molecule is CCOC(=O)n1cc(C(=O)C(=O)N(C)C)c2cc(C(=O)N3C[C@H](C)N(Cc4ccc(F)cc4)C[C@@H]3C)c(Cl)cc21. The van der Waals surface area contributed by atoms with Crippen molar-refractivity contribution in [1.82, 2.24) is 19.3 Å². The molecule has 0 bridgehead atoms. The standard InChI is InChI=1S/C29H32ClFN4O5/c1-6-40-29(39)35-16-23(26(36)28(38)32(4)5)21-11-22(24(30)12-25(21)35)27(37)34-14-17(2)33(13-18(34)3)15-19-7-9-20(31)10-8-19/h7-12,16-18H,6,13-15H2,1-5H3/t17-,18-/m0/s1. The van der Waals surface area contributed by atoms with Gasteiger partial charge in [-0.25, -0.2) is 9.18 Å². The van der Waals surface area contributed by atoms with E-state index in [2.05, 4.69) is 4.90 Å². The van der Waals surface area contributed by atoms with Crippen LogP contribution < -0.4 is 0 Å². The number of amides is 2. The van der Waals surface area contributed by atoms with Crippen molar-refractivity contribution in [2.24, 2.45) is 0 Å². The van der Waals surface area contributed by atoms with Gasteiger partial charge in [-0.05, 0) is 50.6 Å². The summed E-state index contributed by atoms with van der Waals surface area (Å²) >= 11 is 6.59. The van der Waals surface area contributed by atoms with Crippen molar-refractivity contribution >= 4 is 46.2 Å². The van der Waals surface area contributed by atoms with Crippen molar-refractivity contribution in [3.05, 3.63) is 70.1 Å². The van der Waals surface area contributed by atoms with Crippen molar-refractivity contribution in [2.75, 3.05) is 33.8 Å². The molecule has 2 atom stereocenters. The number of rotatable bonds is 6. The van der Waals surface area contributed by atoms with Crippen molar-refractivity contribution in [2.45, 2.75) is 39.4 Å². The van der Waals surface area contributed by atoms with Crippen LogP contribution in [0, 0.1) is 5.82 Å². The minimum Gasteiger partial charge on any atom is -0.449 e. The van der Waals surface area contributed by atoms with Crippen LogP contribution in [0.5, 0.6) is 0 Å². The fourth-order valence-corrected chi connectivity index (χ4v) is 5.17. The molecule has 0 aliphatic carbocycles. The minimum atomic E-state index is -0.824. The van der Waals surface area contributed by atoms with Gasteiger partial charge in [-0.3, -0.25) is 23.9 Å². The van der Waals surface area contributed by atoms with Crippen LogP contribution in [-0.4, -0.2) is 88.8 Å². The van der Waals surface area contributed by atoms with E-state index < -0.39 is 17.8 Å². The molecule has 0 spiro atoms. The van der Waals surface area contributed by atoms with Crippen molar-refractivity contribution in [3.8, 4) is 0 Å². The van der Waals surface area contributed by atoms with Crippen LogP contribution in [0.1, 0.15) is 47.1 Å². The number of nitrogens with zero attached hydrogens (tertiary/aromatic N) is 4. The summed E-state index contributed by atoms with van der Waals surface area (Å²) in [6, 6.07) is 9.11. The van der Waals surface area contributed by atoms with E-state index in [1.165, 1.54) is 44.6 Å². The van der Waals surface area contributed by atoms with E-state index in [-0.39, 0.29) is 57.5 Å². The van der Waals surface area contributed by atoms with E-state index in [0.717, 1.165) is 15.0 Å². The molecule has 3 aromatic rings. The number of carbonyl (C=O) groups excluding carboxylic acids is 4. The molecule has 40 heavy (non-hydrogen) atoms. The second-order valence-corrected chi connectivity index (χ2v) is 10.6. The van der Waals surface area contributed by atoms with Gasteiger partial charge in [0.1, 0.15) is 5.82 Å². The normalized spacial score (nSPS) is 17.6. The average Bonchev–Trinajstić information content (AvgIpc) is 3.28. The fraction of sp³-hybridized carbons (Fsp3) is 0.379. The molecule has 1 aliphatic rings. The zero-order valence-electron chi connectivity index (χ0n) is 23.1. The molecule has 0 unspecified atom stereocenters. The summed E-state index contributed by atoms with van der Waals surface area (Å²) in [5, 5.41) is 0.351. The zero-order valence-corrected chi connectivity index (χ0v) is 23.9. The van der Waals surface area contributed by atoms with Gasteiger partial charge in [-0.15, -0.1) is 0 Å². The maximum atomic E-state index is 13.8. The van der Waals surface area contributed by atoms with Gasteiger partial charge in [0.2, 0.25) is 0 Å². The van der Waals surface area contributed by atoms with Crippen molar-refractivity contribution < 1.29 is 28.3 Å². The number of likely N-dealkylation sites (N-methyl/N-ethyl adjacent to an activating group) is 1. The number of hydrogen-bond acceptors (Lipinski definition) is 6. The van der Waals surface area contributed by atoms with Crippen molar-refractivity contribution in [3.63, 3.8) is 0 Å². The highest BCUT2D eigenvalue weighted by Crippen LogP contribution is 2.31. The first kappa shape index (κ1) is 29.2. The summed E-state index contributed by atoms with van der Waals surface area (Å²) < 4.78 is 19.6. The average molecular weight is 571 g/mol. The fourth-order valence-electron chi connectivity index (χ4n) is 4.93. The lowest BCUT2D eigenvalue weighted by molar-refractivity contribution is -0.124. The smallest absolute Gasteiger partial charge is 0.418 e. The van der Waals surface area contributed by atoms with Crippen LogP contribution in [0.3, 0.4) is 0 Å². The summed E-state index contributed by atoms with van der Waals surface area (Å²) in [6.45, 7) is 7.34. The summed E-state index contributed by atoms with van der Waals surface area (Å²) in [6.07, 6.45) is 0.509. The number of fused-ring (bicyclic) bond motifs is 1. The van der Waals surface area contributed by atoms with Crippen LogP contribution in [0.25, 0.3) is 10.9 Å². The monoisotopic (exact) mass is 570 g/mol. The number of aromatic nitrogens is 1. The maximum Gasteiger partial charge on any atom is 0.418 e. The van der Waals surface area contributed by atoms with Gasteiger partial charge in [0.25, 0.3) is 17.6 Å². The minimum absolute atomic E-state index is 0.00691. The number of benzene rings is 2. The highest BCUT2D eigenvalue weighted by molar-refractivity contribution is 6.45. The topological polar surface area (TPSA) is 92.2 Å². The second-order valence-electron chi connectivity index (χ2n) is 10.2. The first-order valence-corrected chi connectivity index (χ1v) is 13.4. The Bertz CT molecular complexity index is 1470. The third-order valence-electron chi connectivity index (χ3n) is 7.11. The van der Waals surface area contributed by atoms with Gasteiger partial charge >= 0.3 is 6.09 Å². The summed E-state index contributed by atoms with van der Waals surface area (Å²) in [7, 11) is 2.91. The molecule has 1 aromatic heterocycles. The molecule has 212 valence electrons. The Hall–Kier alpha value is -3.76. The molecule has 0 saturated carbocycles. The van der Waals surface area contributed by atoms with Crippen LogP contribution >= 0.6 is 11.6 Å². The number of Topliss-reactive ketones (excluding diaryl/α,β-unsaturated/α-hetero) is 1. The first-order chi connectivity index (χ1) is 18.9. The van der Waals surface area contributed by atoms with Gasteiger partial charge in [0, 0.05) is 57.4 Å². The molecule has 2 heterocycles.